The molecule has 0 aliphatic carbocycles. The van der Waals surface area contributed by atoms with Gasteiger partial charge >= 0.3 is 0 Å². The summed E-state index contributed by atoms with van der Waals surface area (Å²) in [7, 11) is 0. The minimum absolute atomic E-state index is 0.00541. The summed E-state index contributed by atoms with van der Waals surface area (Å²) >= 11 is 0. The van der Waals surface area contributed by atoms with Crippen LogP contribution in [0.3, 0.4) is 0 Å². The molecule has 302 valence electrons. The Morgan fingerprint density at radius 3 is 1.93 bits per heavy atom. The van der Waals surface area contributed by atoms with Gasteiger partial charge in [-0.1, -0.05) is 76.2 Å². The summed E-state index contributed by atoms with van der Waals surface area (Å²) in [4.78, 5) is 98.4. The van der Waals surface area contributed by atoms with E-state index in [1.165, 1.54) is 0 Å². The number of ketones is 1. The van der Waals surface area contributed by atoms with Crippen molar-refractivity contribution in [3.05, 3.63) is 71.9 Å². The average molecular weight is 773 g/mol. The number of aromatic amines is 1. The van der Waals surface area contributed by atoms with Gasteiger partial charge < -0.3 is 37.3 Å². The first kappa shape index (κ1) is 43.2. The third-order valence-electron chi connectivity index (χ3n) is 9.67. The zero-order valence-electron chi connectivity index (χ0n) is 32.8. The van der Waals surface area contributed by atoms with E-state index in [4.69, 9.17) is 5.73 Å². The first-order valence-corrected chi connectivity index (χ1v) is 19.3. The molecule has 6 unspecified atom stereocenters. The van der Waals surface area contributed by atoms with Crippen molar-refractivity contribution in [2.75, 3.05) is 6.54 Å². The number of hydrogen-bond donors (Lipinski definition) is 8. The zero-order chi connectivity index (χ0) is 40.9. The summed E-state index contributed by atoms with van der Waals surface area (Å²) in [5.41, 5.74) is 7.71. The lowest BCUT2D eigenvalue weighted by atomic mass is 9.95. The van der Waals surface area contributed by atoms with Gasteiger partial charge in [0.1, 0.15) is 18.1 Å². The standard InChI is InChI=1S/C41H56N8O7/c1-23(2)17-31-37(52)25(5)45-32(18-24(3)4)40(55)47-30(15-16-35(42)50)39(54)49-34(20-27-21-43-29-14-10-9-13-28(27)29)41(56)48-33(19-26-11-7-6-8-12-26)38(53)44-22-36(51)46-31/h6-14,21,23-25,30-34,43,45H,15-20,22H2,1-5H3,(H2,42,50)(H,44,53)(H,46,51)(H,47,55)(H,48,56)(H,49,54). The topological polar surface area (TPSA) is 233 Å². The van der Waals surface area contributed by atoms with E-state index in [2.05, 4.69) is 36.9 Å². The van der Waals surface area contributed by atoms with E-state index in [1.54, 1.807) is 37.4 Å². The van der Waals surface area contributed by atoms with Gasteiger partial charge in [0.25, 0.3) is 0 Å². The Labute approximate surface area is 327 Å². The number of aromatic nitrogens is 1. The summed E-state index contributed by atoms with van der Waals surface area (Å²) in [6.45, 7) is 8.75. The van der Waals surface area contributed by atoms with Crippen molar-refractivity contribution in [2.24, 2.45) is 17.6 Å². The van der Waals surface area contributed by atoms with Gasteiger partial charge in [-0.05, 0) is 55.2 Å². The van der Waals surface area contributed by atoms with Crippen LogP contribution in [-0.2, 0) is 46.4 Å². The summed E-state index contributed by atoms with van der Waals surface area (Å²) in [5.74, 6) is -4.37. The molecule has 3 aromatic rings. The molecule has 2 heterocycles. The molecule has 2 aromatic carbocycles. The minimum Gasteiger partial charge on any atom is -0.370 e. The number of H-pyrrole nitrogens is 1. The number of nitrogens with one attached hydrogen (secondary N) is 7. The number of fused-ring (bicyclic) bond motifs is 1. The number of nitrogens with two attached hydrogens (primary N) is 1. The van der Waals surface area contributed by atoms with Gasteiger partial charge in [0, 0.05) is 36.4 Å². The fraction of sp³-hybridized carbons (Fsp3) is 0.488. The van der Waals surface area contributed by atoms with Crippen LogP contribution in [-0.4, -0.2) is 89.0 Å². The van der Waals surface area contributed by atoms with Crippen LogP contribution in [0.2, 0.25) is 0 Å². The average Bonchev–Trinajstić information content (AvgIpc) is 3.56. The van der Waals surface area contributed by atoms with E-state index >= 15 is 0 Å². The molecule has 0 saturated carbocycles. The van der Waals surface area contributed by atoms with Crippen LogP contribution in [0, 0.1) is 11.8 Å². The summed E-state index contributed by atoms with van der Waals surface area (Å²) in [6.07, 6.45) is 1.95. The highest BCUT2D eigenvalue weighted by Gasteiger charge is 2.35. The van der Waals surface area contributed by atoms with Gasteiger partial charge in [-0.3, -0.25) is 38.9 Å². The number of para-hydroxylation sites is 1. The van der Waals surface area contributed by atoms with Gasteiger partial charge in [0.2, 0.25) is 35.4 Å². The largest absolute Gasteiger partial charge is 0.370 e. The Kier molecular flexibility index (Phi) is 15.7. The van der Waals surface area contributed by atoms with Gasteiger partial charge in [-0.25, -0.2) is 0 Å². The molecular weight excluding hydrogens is 716 g/mol. The molecule has 1 aliphatic heterocycles. The minimum atomic E-state index is -1.30. The van der Waals surface area contributed by atoms with Crippen LogP contribution in [0.1, 0.15) is 71.4 Å². The van der Waals surface area contributed by atoms with Crippen LogP contribution in [0.25, 0.3) is 10.9 Å². The Balaban J connectivity index is 1.77. The highest BCUT2D eigenvalue weighted by molar-refractivity contribution is 5.98. The SMILES string of the molecule is CC(C)CC1NC(C)C(=O)C(CC(C)C)NC(=O)CNC(=O)C(Cc2ccccc2)NC(=O)C(Cc2c[nH]c3ccccc23)NC(=O)C(CCC(N)=O)NC1=O. The predicted molar refractivity (Wildman–Crippen MR) is 212 cm³/mol. The summed E-state index contributed by atoms with van der Waals surface area (Å²) in [6, 6.07) is 9.91. The number of amides is 6. The molecule has 1 aliphatic rings. The van der Waals surface area contributed by atoms with Crippen LogP contribution in [0.5, 0.6) is 0 Å². The molecule has 1 saturated heterocycles. The monoisotopic (exact) mass is 772 g/mol. The quantitative estimate of drug-likeness (QED) is 0.141. The van der Waals surface area contributed by atoms with E-state index in [0.29, 0.717) is 12.0 Å². The summed E-state index contributed by atoms with van der Waals surface area (Å²) < 4.78 is 0. The molecule has 6 atom stereocenters. The number of benzene rings is 2. The molecule has 1 fully saturated rings. The number of carbonyl (C=O) groups excluding carboxylic acids is 7. The Morgan fingerprint density at radius 1 is 0.696 bits per heavy atom. The maximum atomic E-state index is 14.3. The van der Waals surface area contributed by atoms with Crippen molar-refractivity contribution in [1.82, 2.24) is 36.9 Å². The van der Waals surface area contributed by atoms with Crippen LogP contribution < -0.4 is 37.6 Å². The first-order valence-electron chi connectivity index (χ1n) is 19.3. The second-order valence-electron chi connectivity index (χ2n) is 15.4. The van der Waals surface area contributed by atoms with E-state index < -0.39 is 78.2 Å². The number of rotatable bonds is 11. The molecule has 4 rings (SSSR count). The molecule has 15 nitrogen and oxygen atoms in total. The number of hydrogen-bond acceptors (Lipinski definition) is 8. The first-order chi connectivity index (χ1) is 26.6. The molecule has 56 heavy (non-hydrogen) atoms. The van der Waals surface area contributed by atoms with Gasteiger partial charge in [0.15, 0.2) is 5.78 Å². The normalized spacial score (nSPS) is 23.7. The summed E-state index contributed by atoms with van der Waals surface area (Å²) in [5, 5.41) is 17.6. The maximum Gasteiger partial charge on any atom is 0.243 e. The predicted octanol–water partition coefficient (Wildman–Crippen LogP) is 1.30. The van der Waals surface area contributed by atoms with Gasteiger partial charge in [-0.15, -0.1) is 0 Å². The molecule has 15 heteroatoms. The van der Waals surface area contributed by atoms with Crippen molar-refractivity contribution in [3.8, 4) is 0 Å². The number of Topliss-reactive ketones (excluding diaryl/α,β-unsaturated/α-hetero) is 1. The van der Waals surface area contributed by atoms with E-state index in [-0.39, 0.29) is 49.7 Å². The molecule has 0 radical (unpaired) electrons. The van der Waals surface area contributed by atoms with Crippen molar-refractivity contribution in [3.63, 3.8) is 0 Å². The second kappa shape index (κ2) is 20.4. The molecule has 1 aromatic heterocycles. The lowest BCUT2D eigenvalue weighted by Crippen LogP contribution is -2.59. The number of carbonyl (C=O) groups is 7. The smallest absolute Gasteiger partial charge is 0.243 e. The third-order valence-corrected chi connectivity index (χ3v) is 9.67. The van der Waals surface area contributed by atoms with E-state index in [1.807, 2.05) is 58.0 Å². The van der Waals surface area contributed by atoms with Crippen molar-refractivity contribution in [1.29, 1.82) is 0 Å². The van der Waals surface area contributed by atoms with Crippen molar-refractivity contribution < 1.29 is 33.6 Å². The Morgan fingerprint density at radius 2 is 1.27 bits per heavy atom. The molecule has 0 bridgehead atoms. The molecule has 9 N–H and O–H groups in total. The van der Waals surface area contributed by atoms with Crippen LogP contribution in [0.15, 0.2) is 60.8 Å². The van der Waals surface area contributed by atoms with Gasteiger partial charge in [-0.2, -0.15) is 0 Å². The highest BCUT2D eigenvalue weighted by atomic mass is 16.2. The van der Waals surface area contributed by atoms with E-state index in [9.17, 15) is 33.6 Å². The molecule has 0 spiro atoms. The third kappa shape index (κ3) is 12.8. The second-order valence-corrected chi connectivity index (χ2v) is 15.4. The highest BCUT2D eigenvalue weighted by Crippen LogP contribution is 2.20. The fourth-order valence-electron chi connectivity index (χ4n) is 6.82. The van der Waals surface area contributed by atoms with Gasteiger partial charge in [0.05, 0.1) is 24.7 Å². The lowest BCUT2D eigenvalue weighted by molar-refractivity contribution is -0.134. The molecular formula is C41H56N8O7. The zero-order valence-corrected chi connectivity index (χ0v) is 32.8. The Bertz CT molecular complexity index is 1860. The Hall–Kier alpha value is -5.57. The van der Waals surface area contributed by atoms with Crippen LogP contribution >= 0.6 is 0 Å². The number of primary amides is 1. The van der Waals surface area contributed by atoms with Crippen LogP contribution in [0.4, 0.5) is 0 Å². The van der Waals surface area contributed by atoms with Crippen molar-refractivity contribution in [2.45, 2.75) is 109 Å². The maximum absolute atomic E-state index is 14.3. The van der Waals surface area contributed by atoms with Crippen molar-refractivity contribution >= 4 is 52.1 Å². The lowest BCUT2D eigenvalue weighted by Gasteiger charge is -2.29. The van der Waals surface area contributed by atoms with E-state index in [0.717, 1.165) is 16.5 Å². The fourth-order valence-corrected chi connectivity index (χ4v) is 6.82. The molecule has 6 amide bonds.